The van der Waals surface area contributed by atoms with Crippen molar-refractivity contribution in [3.05, 3.63) is 46.7 Å². The molecule has 2 aromatic rings. The number of aromatic nitrogens is 2. The second-order valence-corrected chi connectivity index (χ2v) is 6.83. The molecule has 0 saturated carbocycles. The fraction of sp³-hybridized carbons (Fsp3) is 0.389. The van der Waals surface area contributed by atoms with Crippen LogP contribution in [-0.4, -0.2) is 45.5 Å². The van der Waals surface area contributed by atoms with Gasteiger partial charge < -0.3 is 15.2 Å². The van der Waals surface area contributed by atoms with Gasteiger partial charge in [0.2, 0.25) is 0 Å². The van der Waals surface area contributed by atoms with Gasteiger partial charge in [0.1, 0.15) is 0 Å². The van der Waals surface area contributed by atoms with Crippen LogP contribution in [0.2, 0.25) is 5.02 Å². The number of carboxylic acid groups (broad SMARTS) is 1. The van der Waals surface area contributed by atoms with Gasteiger partial charge in [0.15, 0.2) is 0 Å². The lowest BCUT2D eigenvalue weighted by molar-refractivity contribution is -0.139. The molecule has 138 valence electrons. The van der Waals surface area contributed by atoms with E-state index in [2.05, 4.69) is 10.4 Å². The molecule has 0 spiro atoms. The standard InChI is InChI=1S/C18H20ClN3O4/c1-12-13(11-20-22(12)15-5-3-2-4-14(15)19)17(25)21-18(10-16(23)24)6-8-26-9-7-18/h2-5,11H,6-10H2,1H3,(H,21,25)(H,23,24). The van der Waals surface area contributed by atoms with Crippen LogP contribution in [0.5, 0.6) is 0 Å². The third-order valence-electron chi connectivity index (χ3n) is 4.65. The number of nitrogens with zero attached hydrogens (tertiary/aromatic N) is 2. The summed E-state index contributed by atoms with van der Waals surface area (Å²) in [5.41, 5.74) is 0.895. The summed E-state index contributed by atoms with van der Waals surface area (Å²) < 4.78 is 6.92. The summed E-state index contributed by atoms with van der Waals surface area (Å²) in [6, 6.07) is 7.22. The molecule has 1 aliphatic rings. The number of hydrogen-bond acceptors (Lipinski definition) is 4. The number of carboxylic acids is 1. The third-order valence-corrected chi connectivity index (χ3v) is 4.97. The van der Waals surface area contributed by atoms with Crippen molar-refractivity contribution in [2.45, 2.75) is 31.7 Å². The van der Waals surface area contributed by atoms with Crippen molar-refractivity contribution >= 4 is 23.5 Å². The zero-order valence-corrected chi connectivity index (χ0v) is 15.1. The van der Waals surface area contributed by atoms with E-state index in [1.54, 1.807) is 17.7 Å². The average molecular weight is 378 g/mol. The molecule has 2 heterocycles. The molecule has 1 aromatic carbocycles. The number of ether oxygens (including phenoxy) is 1. The molecule has 1 aliphatic heterocycles. The van der Waals surface area contributed by atoms with Crippen LogP contribution >= 0.6 is 11.6 Å². The topological polar surface area (TPSA) is 93.5 Å². The van der Waals surface area contributed by atoms with E-state index >= 15 is 0 Å². The largest absolute Gasteiger partial charge is 0.481 e. The second kappa shape index (κ2) is 7.47. The molecule has 0 atom stereocenters. The fourth-order valence-corrected chi connectivity index (χ4v) is 3.42. The number of aliphatic carboxylic acids is 1. The van der Waals surface area contributed by atoms with Gasteiger partial charge in [0, 0.05) is 13.2 Å². The lowest BCUT2D eigenvalue weighted by atomic mass is 9.86. The van der Waals surface area contributed by atoms with Crippen molar-refractivity contribution < 1.29 is 19.4 Å². The predicted molar refractivity (Wildman–Crippen MR) is 95.8 cm³/mol. The molecule has 26 heavy (non-hydrogen) atoms. The minimum atomic E-state index is -0.948. The van der Waals surface area contributed by atoms with Gasteiger partial charge in [-0.25, -0.2) is 4.68 Å². The van der Waals surface area contributed by atoms with Gasteiger partial charge in [0.05, 0.1) is 40.1 Å². The summed E-state index contributed by atoms with van der Waals surface area (Å²) in [6.07, 6.45) is 2.26. The number of rotatable bonds is 5. The maximum atomic E-state index is 12.8. The van der Waals surface area contributed by atoms with Gasteiger partial charge in [-0.15, -0.1) is 0 Å². The van der Waals surface area contributed by atoms with Gasteiger partial charge in [-0.2, -0.15) is 5.10 Å². The summed E-state index contributed by atoms with van der Waals surface area (Å²) in [5, 5.41) is 16.9. The maximum absolute atomic E-state index is 12.8. The Morgan fingerprint density at radius 3 is 2.69 bits per heavy atom. The van der Waals surface area contributed by atoms with Crippen LogP contribution in [-0.2, 0) is 9.53 Å². The molecular weight excluding hydrogens is 358 g/mol. The third kappa shape index (κ3) is 3.73. The highest BCUT2D eigenvalue weighted by Crippen LogP contribution is 2.26. The van der Waals surface area contributed by atoms with E-state index in [1.807, 2.05) is 18.2 Å². The van der Waals surface area contributed by atoms with Crippen molar-refractivity contribution in [2.75, 3.05) is 13.2 Å². The lowest BCUT2D eigenvalue weighted by Gasteiger charge is -2.36. The SMILES string of the molecule is Cc1c(C(=O)NC2(CC(=O)O)CCOCC2)cnn1-c1ccccc1Cl. The summed E-state index contributed by atoms with van der Waals surface area (Å²) in [4.78, 5) is 24.1. The van der Waals surface area contributed by atoms with Crippen molar-refractivity contribution in [2.24, 2.45) is 0 Å². The summed E-state index contributed by atoms with van der Waals surface area (Å²) in [5.74, 6) is -1.29. The number of para-hydroxylation sites is 1. The molecule has 1 fully saturated rings. The summed E-state index contributed by atoms with van der Waals surface area (Å²) in [7, 11) is 0. The van der Waals surface area contributed by atoms with E-state index < -0.39 is 11.5 Å². The zero-order valence-electron chi connectivity index (χ0n) is 14.4. The van der Waals surface area contributed by atoms with Crippen LogP contribution in [0.25, 0.3) is 5.69 Å². The first-order valence-electron chi connectivity index (χ1n) is 8.33. The minimum Gasteiger partial charge on any atom is -0.481 e. The Bertz CT molecular complexity index is 828. The number of halogens is 1. The average Bonchev–Trinajstić information content (AvgIpc) is 2.97. The first-order valence-corrected chi connectivity index (χ1v) is 8.71. The van der Waals surface area contributed by atoms with Crippen LogP contribution in [0, 0.1) is 6.92 Å². The summed E-state index contributed by atoms with van der Waals surface area (Å²) >= 11 is 6.21. The number of nitrogens with one attached hydrogen (secondary N) is 1. The van der Waals surface area contributed by atoms with Crippen LogP contribution in [0.3, 0.4) is 0 Å². The van der Waals surface area contributed by atoms with Crippen molar-refractivity contribution in [3.63, 3.8) is 0 Å². The molecule has 7 nitrogen and oxygen atoms in total. The van der Waals surface area contributed by atoms with Gasteiger partial charge in [0.25, 0.3) is 5.91 Å². The smallest absolute Gasteiger partial charge is 0.305 e. The first kappa shape index (κ1) is 18.4. The Kier molecular flexibility index (Phi) is 5.29. The van der Waals surface area contributed by atoms with E-state index in [9.17, 15) is 14.7 Å². The second-order valence-electron chi connectivity index (χ2n) is 6.42. The Hall–Kier alpha value is -2.38. The zero-order chi connectivity index (χ0) is 18.7. The van der Waals surface area contributed by atoms with Gasteiger partial charge >= 0.3 is 5.97 Å². The molecule has 3 rings (SSSR count). The minimum absolute atomic E-state index is 0.139. The molecule has 0 aliphatic carbocycles. The monoisotopic (exact) mass is 377 g/mol. The van der Waals surface area contributed by atoms with Gasteiger partial charge in [-0.05, 0) is 31.9 Å². The highest BCUT2D eigenvalue weighted by Gasteiger charge is 2.37. The van der Waals surface area contributed by atoms with Gasteiger partial charge in [-0.3, -0.25) is 9.59 Å². The van der Waals surface area contributed by atoms with E-state index in [0.29, 0.717) is 48.0 Å². The number of benzene rings is 1. The van der Waals surface area contributed by atoms with Gasteiger partial charge in [-0.1, -0.05) is 23.7 Å². The Morgan fingerprint density at radius 2 is 2.04 bits per heavy atom. The van der Waals surface area contributed by atoms with Crippen LogP contribution < -0.4 is 5.32 Å². The van der Waals surface area contributed by atoms with E-state index in [4.69, 9.17) is 16.3 Å². The molecule has 2 N–H and O–H groups in total. The van der Waals surface area contributed by atoms with E-state index in [1.165, 1.54) is 6.20 Å². The van der Waals surface area contributed by atoms with Crippen LogP contribution in [0.1, 0.15) is 35.3 Å². The quantitative estimate of drug-likeness (QED) is 0.835. The molecule has 1 amide bonds. The number of amides is 1. The maximum Gasteiger partial charge on any atom is 0.305 e. The van der Waals surface area contributed by atoms with E-state index in [0.717, 1.165) is 0 Å². The number of carbonyl (C=O) groups excluding carboxylic acids is 1. The highest BCUT2D eigenvalue weighted by molar-refractivity contribution is 6.32. The van der Waals surface area contributed by atoms with Crippen LogP contribution in [0.4, 0.5) is 0 Å². The molecule has 0 unspecified atom stereocenters. The first-order chi connectivity index (χ1) is 12.4. The Labute approximate surface area is 155 Å². The molecule has 8 heteroatoms. The Balaban J connectivity index is 1.86. The normalized spacial score (nSPS) is 16.2. The molecular formula is C18H20ClN3O4. The molecule has 1 aromatic heterocycles. The molecule has 0 radical (unpaired) electrons. The number of hydrogen-bond donors (Lipinski definition) is 2. The predicted octanol–water partition coefficient (Wildman–Crippen LogP) is 2.59. The summed E-state index contributed by atoms with van der Waals surface area (Å²) in [6.45, 7) is 2.62. The van der Waals surface area contributed by atoms with Crippen molar-refractivity contribution in [1.82, 2.24) is 15.1 Å². The lowest BCUT2D eigenvalue weighted by Crippen LogP contribution is -2.53. The van der Waals surface area contributed by atoms with Crippen LogP contribution in [0.15, 0.2) is 30.5 Å². The van der Waals surface area contributed by atoms with Crippen molar-refractivity contribution in [1.29, 1.82) is 0 Å². The molecule has 0 bridgehead atoms. The highest BCUT2D eigenvalue weighted by atomic mass is 35.5. The van der Waals surface area contributed by atoms with Crippen molar-refractivity contribution in [3.8, 4) is 5.69 Å². The fourth-order valence-electron chi connectivity index (χ4n) is 3.20. The Morgan fingerprint density at radius 1 is 1.35 bits per heavy atom. The van der Waals surface area contributed by atoms with E-state index in [-0.39, 0.29) is 12.3 Å². The number of carbonyl (C=O) groups is 2. The molecule has 1 saturated heterocycles.